The zero-order chi connectivity index (χ0) is 29.2. The molecule has 0 unspecified atom stereocenters. The second kappa shape index (κ2) is 14.2. The van der Waals surface area contributed by atoms with Crippen LogP contribution in [0.15, 0.2) is 95.7 Å². The number of aromatic nitrogens is 2. The third-order valence-corrected chi connectivity index (χ3v) is 7.34. The van der Waals surface area contributed by atoms with Gasteiger partial charge in [0.25, 0.3) is 0 Å². The van der Waals surface area contributed by atoms with Gasteiger partial charge in [0.15, 0.2) is 0 Å². The molecule has 212 valence electrons. The Morgan fingerprint density at radius 3 is 2.27 bits per heavy atom. The number of nitrogens with zero attached hydrogens (tertiary/aromatic N) is 3. The summed E-state index contributed by atoms with van der Waals surface area (Å²) >= 11 is 0.391. The highest BCUT2D eigenvalue weighted by molar-refractivity contribution is 8.02. The second-order valence-corrected chi connectivity index (χ2v) is 10.2. The van der Waals surface area contributed by atoms with Crippen LogP contribution in [0.5, 0.6) is 23.0 Å². The number of nitrogens with two attached hydrogens (primary N) is 1. The van der Waals surface area contributed by atoms with Gasteiger partial charge in [-0.15, -0.1) is 11.4 Å². The molecule has 0 aliphatic carbocycles. The van der Waals surface area contributed by atoms with Crippen molar-refractivity contribution < 1.29 is 24.5 Å². The standard InChI is InChI=1S/C31H32N4O5S/c1-21(35(20-37)19-23-18-33-22(2)34-30(23)32)29(15-16-36)41-31(38)27-14-13-26(39-24-9-5-3-6-10-24)17-28(27)40-25-11-7-4-8-12-25/h3-14,17-18,20,36,38,41H,15-16,19H2,1-2H3,(H2,32,33,34)/b29-21-. The predicted molar refractivity (Wildman–Crippen MR) is 162 cm³/mol. The van der Waals surface area contributed by atoms with Gasteiger partial charge in [0.2, 0.25) is 6.41 Å². The van der Waals surface area contributed by atoms with E-state index in [9.17, 15) is 15.0 Å². The molecular weight excluding hydrogens is 540 g/mol. The van der Waals surface area contributed by atoms with Crippen molar-refractivity contribution in [1.82, 2.24) is 14.9 Å². The third kappa shape index (κ3) is 8.01. The highest BCUT2D eigenvalue weighted by Gasteiger charge is 2.16. The Labute approximate surface area is 242 Å². The number of carbonyl (C=O) groups is 1. The summed E-state index contributed by atoms with van der Waals surface area (Å²) in [6.07, 6.45) is 2.49. The highest BCUT2D eigenvalue weighted by atomic mass is 32.1. The van der Waals surface area contributed by atoms with Gasteiger partial charge in [-0.25, -0.2) is 9.97 Å². The van der Waals surface area contributed by atoms with Crippen molar-refractivity contribution in [2.75, 3.05) is 12.3 Å². The zero-order valence-electron chi connectivity index (χ0n) is 22.8. The molecule has 4 rings (SSSR count). The molecule has 41 heavy (non-hydrogen) atoms. The van der Waals surface area contributed by atoms with Crippen molar-refractivity contribution in [1.29, 1.82) is 0 Å². The lowest BCUT2D eigenvalue weighted by atomic mass is 10.2. The molecule has 0 atom stereocenters. The Bertz CT molecular complexity index is 1550. The number of rotatable bonds is 12. The number of carbonyl (C=O) groups excluding carboxylic acids is 1. The fourth-order valence-electron chi connectivity index (χ4n) is 3.91. The maximum atomic E-state index is 12.1. The number of amides is 1. The first-order valence-corrected chi connectivity index (χ1v) is 13.8. The van der Waals surface area contributed by atoms with Crippen LogP contribution in [0.2, 0.25) is 0 Å². The molecule has 10 heteroatoms. The number of hydrogen-bond donors (Lipinski definition) is 4. The molecule has 0 aliphatic heterocycles. The Hall–Kier alpha value is -4.51. The van der Waals surface area contributed by atoms with E-state index < -0.39 is 0 Å². The average molecular weight is 573 g/mol. The molecule has 0 fully saturated rings. The monoisotopic (exact) mass is 572 g/mol. The minimum absolute atomic E-state index is 0.0194. The number of thiol groups is 1. The van der Waals surface area contributed by atoms with Gasteiger partial charge in [0.1, 0.15) is 39.7 Å². The van der Waals surface area contributed by atoms with Crippen LogP contribution in [0.4, 0.5) is 5.82 Å². The van der Waals surface area contributed by atoms with E-state index in [1.54, 1.807) is 38.2 Å². The summed E-state index contributed by atoms with van der Waals surface area (Å²) in [5, 5.41) is 21.1. The minimum Gasteiger partial charge on any atom is -0.457 e. The molecule has 1 heterocycles. The summed E-state index contributed by atoms with van der Waals surface area (Å²) < 4.78 is 12.1. The van der Waals surface area contributed by atoms with Gasteiger partial charge in [0.05, 0.1) is 12.1 Å². The first-order valence-electron chi connectivity index (χ1n) is 12.9. The summed E-state index contributed by atoms with van der Waals surface area (Å²) in [5.74, 6) is 2.98. The second-order valence-electron chi connectivity index (χ2n) is 8.99. The average Bonchev–Trinajstić information content (AvgIpc) is 2.97. The number of nitrogen functional groups attached to an aromatic ring is 1. The van der Waals surface area contributed by atoms with E-state index in [1.165, 1.54) is 4.90 Å². The summed E-state index contributed by atoms with van der Waals surface area (Å²) in [6, 6.07) is 23.7. The molecule has 0 bridgehead atoms. The Morgan fingerprint density at radius 1 is 1.00 bits per heavy atom. The molecule has 9 nitrogen and oxygen atoms in total. The van der Waals surface area contributed by atoms with Crippen molar-refractivity contribution in [2.45, 2.75) is 26.8 Å². The molecule has 0 radical (unpaired) electrons. The number of aliphatic hydroxyl groups excluding tert-OH is 2. The summed E-state index contributed by atoms with van der Waals surface area (Å²) in [6.45, 7) is 3.45. The van der Waals surface area contributed by atoms with E-state index in [-0.39, 0.29) is 30.4 Å². The number of hydrogen-bond acceptors (Lipinski definition) is 7. The largest absolute Gasteiger partial charge is 0.457 e. The fourth-order valence-corrected chi connectivity index (χ4v) is 4.97. The quantitative estimate of drug-likeness (QED) is 0.0962. The SMILES string of the molecule is C/C(=C(CCO)/[SH]=C(\O)c1ccc(Oc2ccccc2)cc1Oc1ccccc1)N(C=O)Cc1cnc(C)nc1N. The molecule has 3 aromatic carbocycles. The number of para-hydroxylation sites is 2. The Balaban J connectivity index is 1.70. The van der Waals surface area contributed by atoms with Crippen LogP contribution < -0.4 is 15.2 Å². The number of benzene rings is 3. The van der Waals surface area contributed by atoms with E-state index in [0.29, 0.717) is 68.3 Å². The normalized spacial score (nSPS) is 12.1. The van der Waals surface area contributed by atoms with Crippen molar-refractivity contribution in [3.8, 4) is 23.0 Å². The van der Waals surface area contributed by atoms with E-state index in [4.69, 9.17) is 15.2 Å². The lowest BCUT2D eigenvalue weighted by Crippen LogP contribution is -2.22. The zero-order valence-corrected chi connectivity index (χ0v) is 23.7. The minimum atomic E-state index is -0.174. The number of ether oxygens (including phenoxy) is 2. The van der Waals surface area contributed by atoms with Crippen molar-refractivity contribution in [2.24, 2.45) is 0 Å². The van der Waals surface area contributed by atoms with E-state index >= 15 is 0 Å². The fraction of sp³-hybridized carbons (Fsp3) is 0.161. The molecule has 1 aromatic heterocycles. The first-order chi connectivity index (χ1) is 19.9. The number of allylic oxidation sites excluding steroid dienone is 1. The topological polar surface area (TPSA) is 131 Å². The molecule has 4 N–H and O–H groups in total. The van der Waals surface area contributed by atoms with Crippen LogP contribution in [-0.4, -0.2) is 43.1 Å². The lowest BCUT2D eigenvalue weighted by Gasteiger charge is -2.22. The number of anilines is 1. The van der Waals surface area contributed by atoms with E-state index in [2.05, 4.69) is 9.97 Å². The van der Waals surface area contributed by atoms with Crippen molar-refractivity contribution >= 4 is 28.6 Å². The van der Waals surface area contributed by atoms with Crippen LogP contribution in [0.3, 0.4) is 0 Å². The van der Waals surface area contributed by atoms with Crippen LogP contribution in [-0.2, 0) is 11.3 Å². The Morgan fingerprint density at radius 2 is 1.66 bits per heavy atom. The number of aryl methyl sites for hydroxylation is 1. The molecule has 0 aliphatic rings. The molecule has 0 spiro atoms. The smallest absolute Gasteiger partial charge is 0.214 e. The highest BCUT2D eigenvalue weighted by Crippen LogP contribution is 2.34. The van der Waals surface area contributed by atoms with Crippen LogP contribution in [0.1, 0.15) is 30.3 Å². The predicted octanol–water partition coefficient (Wildman–Crippen LogP) is 5.73. The third-order valence-electron chi connectivity index (χ3n) is 6.07. The summed E-state index contributed by atoms with van der Waals surface area (Å²) in [5.41, 5.74) is 7.63. The van der Waals surface area contributed by atoms with Gasteiger partial charge in [-0.2, -0.15) is 0 Å². The van der Waals surface area contributed by atoms with Gasteiger partial charge in [-0.1, -0.05) is 36.4 Å². The van der Waals surface area contributed by atoms with Crippen LogP contribution in [0, 0.1) is 6.92 Å². The van der Waals surface area contributed by atoms with Gasteiger partial charge < -0.3 is 30.3 Å². The lowest BCUT2D eigenvalue weighted by molar-refractivity contribution is -0.116. The van der Waals surface area contributed by atoms with E-state index in [1.807, 2.05) is 60.7 Å². The number of aliphatic hydroxyl groups is 2. The van der Waals surface area contributed by atoms with Gasteiger partial charge in [0, 0.05) is 41.5 Å². The van der Waals surface area contributed by atoms with Crippen molar-refractivity contribution in [3.63, 3.8) is 0 Å². The van der Waals surface area contributed by atoms with Gasteiger partial charge >= 0.3 is 0 Å². The molecule has 1 amide bonds. The maximum Gasteiger partial charge on any atom is 0.214 e. The summed E-state index contributed by atoms with van der Waals surface area (Å²) in [7, 11) is 0. The molecule has 0 saturated heterocycles. The van der Waals surface area contributed by atoms with Gasteiger partial charge in [-0.3, -0.25) is 4.79 Å². The maximum absolute atomic E-state index is 12.1. The summed E-state index contributed by atoms with van der Waals surface area (Å²) in [4.78, 5) is 22.5. The van der Waals surface area contributed by atoms with Crippen LogP contribution in [0.25, 0.3) is 0 Å². The van der Waals surface area contributed by atoms with Gasteiger partial charge in [-0.05, 0) is 50.2 Å². The Kier molecular flexibility index (Phi) is 10.2. The molecular formula is C31H32N4O5S. The molecule has 0 saturated carbocycles. The molecule has 4 aromatic rings. The first kappa shape index (κ1) is 29.5. The van der Waals surface area contributed by atoms with Crippen LogP contribution >= 0.6 is 11.4 Å². The van der Waals surface area contributed by atoms with E-state index in [0.717, 1.165) is 0 Å². The van der Waals surface area contributed by atoms with Crippen molar-refractivity contribution in [3.05, 3.63) is 113 Å².